The van der Waals surface area contributed by atoms with Crippen LogP contribution in [0.25, 0.3) is 0 Å². The highest BCUT2D eigenvalue weighted by molar-refractivity contribution is 14.1. The number of hydrogen-bond donors (Lipinski definition) is 0. The normalized spacial score (nSPS) is 9.92. The first-order chi connectivity index (χ1) is 5.79. The summed E-state index contributed by atoms with van der Waals surface area (Å²) in [6, 6.07) is 9.33. The Labute approximate surface area is 87.9 Å². The van der Waals surface area contributed by atoms with Crippen LogP contribution in [0.15, 0.2) is 18.2 Å². The van der Waals surface area contributed by atoms with E-state index in [1.54, 1.807) is 0 Å². The molecule has 2 heteroatoms. The fourth-order valence-corrected chi connectivity index (χ4v) is 1.92. The molecule has 1 nitrogen and oxygen atoms in total. The van der Waals surface area contributed by atoms with Gasteiger partial charge in [-0.15, -0.1) is 0 Å². The molecule has 0 aliphatic carbocycles. The van der Waals surface area contributed by atoms with Gasteiger partial charge in [0, 0.05) is 16.7 Å². The van der Waals surface area contributed by atoms with Crippen molar-refractivity contribution >= 4 is 28.3 Å². The standard InChI is InChI=1S/C10H13IN/c1-3-12(4-2)10-8-6-5-7-9(10)11/h5-6,8H,3-4H2,1-2H3. The molecule has 0 spiro atoms. The second-order valence-corrected chi connectivity index (χ2v) is 3.62. The summed E-state index contributed by atoms with van der Waals surface area (Å²) in [4.78, 5) is 2.33. The number of halogens is 1. The van der Waals surface area contributed by atoms with Crippen LogP contribution < -0.4 is 4.90 Å². The lowest BCUT2D eigenvalue weighted by Gasteiger charge is -2.21. The molecule has 0 saturated carbocycles. The number of nitrogens with zero attached hydrogens (tertiary/aromatic N) is 1. The van der Waals surface area contributed by atoms with E-state index >= 15 is 0 Å². The van der Waals surface area contributed by atoms with Crippen LogP contribution in [0.3, 0.4) is 0 Å². The van der Waals surface area contributed by atoms with E-state index in [1.165, 1.54) is 9.26 Å². The van der Waals surface area contributed by atoms with Crippen molar-refractivity contribution in [1.29, 1.82) is 0 Å². The zero-order chi connectivity index (χ0) is 8.97. The van der Waals surface area contributed by atoms with Crippen LogP contribution >= 0.6 is 22.6 Å². The lowest BCUT2D eigenvalue weighted by Crippen LogP contribution is -2.22. The number of anilines is 1. The third-order valence-electron chi connectivity index (χ3n) is 1.89. The summed E-state index contributed by atoms with van der Waals surface area (Å²) in [7, 11) is 0. The molecule has 0 aliphatic heterocycles. The molecule has 0 N–H and O–H groups in total. The summed E-state index contributed by atoms with van der Waals surface area (Å²) in [6.07, 6.45) is 0. The number of hydrogen-bond acceptors (Lipinski definition) is 1. The van der Waals surface area contributed by atoms with Crippen LogP contribution in [0.4, 0.5) is 5.69 Å². The number of rotatable bonds is 3. The molecule has 0 unspecified atom stereocenters. The molecule has 0 heterocycles. The Kier molecular flexibility index (Phi) is 3.85. The van der Waals surface area contributed by atoms with Gasteiger partial charge >= 0.3 is 0 Å². The second-order valence-electron chi connectivity index (χ2n) is 2.54. The van der Waals surface area contributed by atoms with Crippen LogP contribution in [0, 0.1) is 9.64 Å². The summed E-state index contributed by atoms with van der Waals surface area (Å²) in [5.74, 6) is 0. The summed E-state index contributed by atoms with van der Waals surface area (Å²) >= 11 is 2.33. The minimum Gasteiger partial charge on any atom is -0.371 e. The average molecular weight is 274 g/mol. The highest BCUT2D eigenvalue weighted by Gasteiger charge is 2.03. The predicted molar refractivity (Wildman–Crippen MR) is 61.6 cm³/mol. The Hall–Kier alpha value is -0.250. The smallest absolute Gasteiger partial charge is 0.0508 e. The second kappa shape index (κ2) is 4.70. The molecule has 1 radical (unpaired) electrons. The maximum absolute atomic E-state index is 3.19. The van der Waals surface area contributed by atoms with E-state index < -0.39 is 0 Å². The van der Waals surface area contributed by atoms with Gasteiger partial charge in [0.1, 0.15) is 0 Å². The fourth-order valence-electron chi connectivity index (χ4n) is 1.22. The molecular weight excluding hydrogens is 261 g/mol. The van der Waals surface area contributed by atoms with E-state index in [9.17, 15) is 0 Å². The van der Waals surface area contributed by atoms with Gasteiger partial charge in [0.05, 0.1) is 5.69 Å². The maximum Gasteiger partial charge on any atom is 0.0508 e. The minimum absolute atomic E-state index is 1.06. The Morgan fingerprint density at radius 1 is 1.42 bits per heavy atom. The molecule has 1 aromatic carbocycles. The van der Waals surface area contributed by atoms with Crippen molar-refractivity contribution in [3.8, 4) is 0 Å². The lowest BCUT2D eigenvalue weighted by molar-refractivity contribution is 0.863. The molecule has 1 aromatic rings. The summed E-state index contributed by atoms with van der Waals surface area (Å²) in [5.41, 5.74) is 1.29. The number of benzene rings is 1. The average Bonchev–Trinajstić information content (AvgIpc) is 2.10. The Balaban J connectivity index is 2.92. The zero-order valence-corrected chi connectivity index (χ0v) is 9.63. The minimum atomic E-state index is 1.06. The van der Waals surface area contributed by atoms with Gasteiger partial charge < -0.3 is 4.90 Å². The lowest BCUT2D eigenvalue weighted by atomic mass is 10.3. The van der Waals surface area contributed by atoms with E-state index in [0.717, 1.165) is 13.1 Å². The Bertz CT molecular complexity index is 243. The molecule has 65 valence electrons. The third-order valence-corrected chi connectivity index (χ3v) is 2.75. The fraction of sp³-hybridized carbons (Fsp3) is 0.400. The summed E-state index contributed by atoms with van der Waals surface area (Å²) in [5, 5.41) is 0. The zero-order valence-electron chi connectivity index (χ0n) is 7.47. The van der Waals surface area contributed by atoms with Gasteiger partial charge in [0.15, 0.2) is 0 Å². The SMILES string of the molecule is CCN(CC)c1ccc[c]c1I. The van der Waals surface area contributed by atoms with Gasteiger partial charge in [-0.3, -0.25) is 0 Å². The quantitative estimate of drug-likeness (QED) is 0.766. The highest BCUT2D eigenvalue weighted by Crippen LogP contribution is 2.20. The van der Waals surface area contributed by atoms with Gasteiger partial charge in [0.2, 0.25) is 0 Å². The topological polar surface area (TPSA) is 3.24 Å². The first-order valence-corrected chi connectivity index (χ1v) is 5.28. The van der Waals surface area contributed by atoms with Gasteiger partial charge in [-0.25, -0.2) is 0 Å². The van der Waals surface area contributed by atoms with E-state index in [1.807, 2.05) is 12.1 Å². The van der Waals surface area contributed by atoms with Gasteiger partial charge in [-0.2, -0.15) is 0 Å². The first-order valence-electron chi connectivity index (χ1n) is 4.20. The molecular formula is C10H13IN. The van der Waals surface area contributed by atoms with Crippen molar-refractivity contribution in [2.45, 2.75) is 13.8 Å². The predicted octanol–water partition coefficient (Wildman–Crippen LogP) is 2.94. The van der Waals surface area contributed by atoms with Gasteiger partial charge in [-0.05, 0) is 48.6 Å². The molecule has 0 saturated heterocycles. The van der Waals surface area contributed by atoms with Crippen LogP contribution in [-0.4, -0.2) is 13.1 Å². The van der Waals surface area contributed by atoms with Crippen LogP contribution in [0.5, 0.6) is 0 Å². The molecule has 12 heavy (non-hydrogen) atoms. The Morgan fingerprint density at radius 2 is 2.08 bits per heavy atom. The van der Waals surface area contributed by atoms with Crippen LogP contribution in [0.1, 0.15) is 13.8 Å². The largest absolute Gasteiger partial charge is 0.371 e. The monoisotopic (exact) mass is 274 g/mol. The first kappa shape index (κ1) is 9.84. The molecule has 0 bridgehead atoms. The van der Waals surface area contributed by atoms with E-state index in [4.69, 9.17) is 0 Å². The van der Waals surface area contributed by atoms with Crippen molar-refractivity contribution in [3.05, 3.63) is 27.8 Å². The van der Waals surface area contributed by atoms with E-state index in [2.05, 4.69) is 53.5 Å². The molecule has 0 amide bonds. The summed E-state index contributed by atoms with van der Waals surface area (Å²) < 4.78 is 1.21. The Morgan fingerprint density at radius 3 is 2.58 bits per heavy atom. The molecule has 1 rings (SSSR count). The van der Waals surface area contributed by atoms with Crippen molar-refractivity contribution in [2.24, 2.45) is 0 Å². The van der Waals surface area contributed by atoms with Crippen molar-refractivity contribution in [3.63, 3.8) is 0 Å². The third kappa shape index (κ3) is 2.12. The molecule has 0 atom stereocenters. The van der Waals surface area contributed by atoms with Gasteiger partial charge in [0.25, 0.3) is 0 Å². The van der Waals surface area contributed by atoms with Gasteiger partial charge in [-0.1, -0.05) is 12.1 Å². The summed E-state index contributed by atoms with van der Waals surface area (Å²) in [6.45, 7) is 6.47. The maximum atomic E-state index is 3.19. The van der Waals surface area contributed by atoms with Crippen molar-refractivity contribution < 1.29 is 0 Å². The van der Waals surface area contributed by atoms with Crippen molar-refractivity contribution in [2.75, 3.05) is 18.0 Å². The van der Waals surface area contributed by atoms with E-state index in [-0.39, 0.29) is 0 Å². The molecule has 0 fully saturated rings. The van der Waals surface area contributed by atoms with Crippen LogP contribution in [-0.2, 0) is 0 Å². The molecule has 0 aliphatic rings. The van der Waals surface area contributed by atoms with Crippen molar-refractivity contribution in [1.82, 2.24) is 0 Å². The van der Waals surface area contributed by atoms with E-state index in [0.29, 0.717) is 0 Å². The molecule has 0 aromatic heterocycles. The highest BCUT2D eigenvalue weighted by atomic mass is 127. The van der Waals surface area contributed by atoms with Crippen LogP contribution in [0.2, 0.25) is 0 Å².